The number of nitrogens with one attached hydrogen (secondary N) is 1. The first-order chi connectivity index (χ1) is 19.7. The second-order valence-electron chi connectivity index (χ2n) is 12.3. The van der Waals surface area contributed by atoms with Gasteiger partial charge in [0.2, 0.25) is 0 Å². The first-order valence-electron chi connectivity index (χ1n) is 14.8. The van der Waals surface area contributed by atoms with Crippen molar-refractivity contribution < 1.29 is 32.2 Å². The maximum Gasteiger partial charge on any atom is 0.408 e. The number of benzene rings is 2. The predicted molar refractivity (Wildman–Crippen MR) is 159 cm³/mol. The van der Waals surface area contributed by atoms with Crippen molar-refractivity contribution in [3.05, 3.63) is 69.6 Å². The van der Waals surface area contributed by atoms with E-state index in [1.807, 2.05) is 13.8 Å². The number of halogens is 3. The molecule has 5 nitrogen and oxygen atoms in total. The fraction of sp³-hybridized carbons (Fsp3) is 0.529. The topological polar surface area (TPSA) is 64.6 Å². The van der Waals surface area contributed by atoms with E-state index in [9.17, 15) is 14.0 Å². The van der Waals surface area contributed by atoms with Crippen LogP contribution in [0.5, 0.6) is 0 Å². The van der Waals surface area contributed by atoms with Gasteiger partial charge >= 0.3 is 12.1 Å². The summed E-state index contributed by atoms with van der Waals surface area (Å²) < 4.78 is 56.7. The second-order valence-corrected chi connectivity index (χ2v) is 12.3. The SMILES string of the molecule is CCOC(=O)C[C@H](NC(=O)OC(C)(C)C)c1cc(-c2c(C)cc(F)c(F)c2CCCCC=C(C)C)cc(C2CC2)c1F. The number of rotatable bonds is 12. The van der Waals surface area contributed by atoms with Crippen molar-refractivity contribution >= 4 is 12.1 Å². The van der Waals surface area contributed by atoms with Gasteiger partial charge in [-0.1, -0.05) is 11.6 Å². The fourth-order valence-corrected chi connectivity index (χ4v) is 5.13. The Kier molecular flexibility index (Phi) is 11.3. The van der Waals surface area contributed by atoms with Gasteiger partial charge in [0, 0.05) is 5.56 Å². The molecule has 1 amide bonds. The summed E-state index contributed by atoms with van der Waals surface area (Å²) in [5.74, 6) is -3.02. The molecule has 3 rings (SSSR count). The molecule has 0 unspecified atom stereocenters. The minimum absolute atomic E-state index is 0.0356. The molecule has 1 N–H and O–H groups in total. The van der Waals surface area contributed by atoms with Crippen LogP contribution in [0.1, 0.15) is 114 Å². The number of amides is 1. The van der Waals surface area contributed by atoms with Crippen molar-refractivity contribution in [3.8, 4) is 11.1 Å². The van der Waals surface area contributed by atoms with E-state index in [1.54, 1.807) is 40.7 Å². The largest absolute Gasteiger partial charge is 0.466 e. The lowest BCUT2D eigenvalue weighted by Gasteiger charge is -2.25. The minimum atomic E-state index is -1.10. The number of unbranched alkanes of at least 4 members (excludes halogenated alkanes) is 2. The van der Waals surface area contributed by atoms with Crippen LogP contribution in [0.4, 0.5) is 18.0 Å². The molecule has 0 aliphatic heterocycles. The molecule has 0 aromatic heterocycles. The summed E-state index contributed by atoms with van der Waals surface area (Å²) in [5.41, 5.74) is 2.68. The van der Waals surface area contributed by atoms with E-state index >= 15 is 8.78 Å². The maximum atomic E-state index is 16.1. The Morgan fingerprint density at radius 2 is 1.76 bits per heavy atom. The quantitative estimate of drug-likeness (QED) is 0.153. The Bertz CT molecular complexity index is 1320. The van der Waals surface area contributed by atoms with E-state index in [0.29, 0.717) is 35.1 Å². The first kappa shape index (κ1) is 33.2. The van der Waals surface area contributed by atoms with Crippen molar-refractivity contribution in [2.24, 2.45) is 0 Å². The molecule has 42 heavy (non-hydrogen) atoms. The van der Waals surface area contributed by atoms with Crippen molar-refractivity contribution in [1.82, 2.24) is 5.32 Å². The fourth-order valence-electron chi connectivity index (χ4n) is 5.13. The molecule has 2 aromatic carbocycles. The smallest absolute Gasteiger partial charge is 0.408 e. The highest BCUT2D eigenvalue weighted by Gasteiger charge is 2.33. The van der Waals surface area contributed by atoms with Crippen LogP contribution >= 0.6 is 0 Å². The van der Waals surface area contributed by atoms with Gasteiger partial charge in [-0.15, -0.1) is 0 Å². The van der Waals surface area contributed by atoms with Crippen LogP contribution < -0.4 is 5.32 Å². The van der Waals surface area contributed by atoms with Crippen molar-refractivity contribution in [2.75, 3.05) is 6.61 Å². The van der Waals surface area contributed by atoms with Crippen molar-refractivity contribution in [1.29, 1.82) is 0 Å². The average Bonchev–Trinajstić information content (AvgIpc) is 3.71. The number of hydrogen-bond donors (Lipinski definition) is 1. The van der Waals surface area contributed by atoms with Gasteiger partial charge in [-0.25, -0.2) is 18.0 Å². The van der Waals surface area contributed by atoms with Crippen LogP contribution in [0.3, 0.4) is 0 Å². The summed E-state index contributed by atoms with van der Waals surface area (Å²) in [7, 11) is 0. The molecule has 0 spiro atoms. The average molecular weight is 588 g/mol. The number of hydrogen-bond acceptors (Lipinski definition) is 4. The Hall–Kier alpha value is -3.29. The Morgan fingerprint density at radius 3 is 2.36 bits per heavy atom. The zero-order valence-electron chi connectivity index (χ0n) is 25.9. The maximum absolute atomic E-state index is 16.1. The molecule has 1 aliphatic carbocycles. The van der Waals surface area contributed by atoms with E-state index in [1.165, 1.54) is 11.6 Å². The van der Waals surface area contributed by atoms with Gasteiger partial charge in [0.15, 0.2) is 11.6 Å². The standard InChI is InChI=1S/C34H44F3NO4/c1-8-41-29(39)19-28(38-33(40)42-34(5,6)7)26-18-23(17-25(31(26)36)22-14-15-22)30-21(4)16-27(35)32(37)24(30)13-11-9-10-12-20(2)3/h12,16-18,22,28H,8-11,13-15,19H2,1-7H3,(H,38,40)/t28-/m0/s1. The number of alkyl carbamates (subject to hydrolysis) is 1. The van der Waals surface area contributed by atoms with Crippen LogP contribution in [-0.2, 0) is 20.7 Å². The van der Waals surface area contributed by atoms with E-state index in [2.05, 4.69) is 11.4 Å². The Labute approximate surface area is 247 Å². The summed E-state index contributed by atoms with van der Waals surface area (Å²) >= 11 is 0. The van der Waals surface area contributed by atoms with Gasteiger partial charge in [-0.2, -0.15) is 0 Å². The number of ether oxygens (including phenoxy) is 2. The molecule has 8 heteroatoms. The molecule has 0 heterocycles. The summed E-state index contributed by atoms with van der Waals surface area (Å²) in [5, 5.41) is 2.65. The summed E-state index contributed by atoms with van der Waals surface area (Å²) in [6.45, 7) is 12.6. The van der Waals surface area contributed by atoms with Gasteiger partial charge < -0.3 is 14.8 Å². The van der Waals surface area contributed by atoms with E-state index in [4.69, 9.17) is 9.47 Å². The second kappa shape index (κ2) is 14.3. The lowest BCUT2D eigenvalue weighted by molar-refractivity contribution is -0.143. The third-order valence-electron chi connectivity index (χ3n) is 7.12. The predicted octanol–water partition coefficient (Wildman–Crippen LogP) is 9.15. The van der Waals surface area contributed by atoms with Crippen molar-refractivity contribution in [2.45, 2.75) is 111 Å². The van der Waals surface area contributed by atoms with Gasteiger partial charge in [0.05, 0.1) is 19.1 Å². The molecular formula is C34H44F3NO4. The van der Waals surface area contributed by atoms with Crippen LogP contribution in [0.25, 0.3) is 11.1 Å². The lowest BCUT2D eigenvalue weighted by Crippen LogP contribution is -2.36. The number of carbonyl (C=O) groups excluding carboxylic acids is 2. The molecular weight excluding hydrogens is 543 g/mol. The number of esters is 1. The zero-order valence-corrected chi connectivity index (χ0v) is 25.9. The van der Waals surface area contributed by atoms with Crippen LogP contribution in [-0.4, -0.2) is 24.3 Å². The molecule has 0 saturated heterocycles. The molecule has 1 fully saturated rings. The molecule has 230 valence electrons. The third kappa shape index (κ3) is 9.10. The molecule has 0 radical (unpaired) electrons. The normalized spacial score (nSPS) is 13.9. The van der Waals surface area contributed by atoms with Gasteiger partial charge in [0.1, 0.15) is 11.4 Å². The highest BCUT2D eigenvalue weighted by atomic mass is 19.2. The zero-order chi connectivity index (χ0) is 31.2. The Balaban J connectivity index is 2.13. The third-order valence-corrected chi connectivity index (χ3v) is 7.12. The minimum Gasteiger partial charge on any atom is -0.466 e. The summed E-state index contributed by atoms with van der Waals surface area (Å²) in [6, 6.07) is 3.30. The van der Waals surface area contributed by atoms with Gasteiger partial charge in [-0.3, -0.25) is 4.79 Å². The van der Waals surface area contributed by atoms with Crippen LogP contribution in [0.15, 0.2) is 29.8 Å². The van der Waals surface area contributed by atoms with Gasteiger partial charge in [0.25, 0.3) is 0 Å². The molecule has 2 aromatic rings. The van der Waals surface area contributed by atoms with Crippen LogP contribution in [0, 0.1) is 24.4 Å². The highest BCUT2D eigenvalue weighted by molar-refractivity contribution is 5.76. The number of allylic oxidation sites excluding steroid dienone is 2. The monoisotopic (exact) mass is 587 g/mol. The van der Waals surface area contributed by atoms with E-state index in [0.717, 1.165) is 31.7 Å². The Morgan fingerprint density at radius 1 is 1.07 bits per heavy atom. The molecule has 1 saturated carbocycles. The number of aryl methyl sites for hydroxylation is 1. The van der Waals surface area contributed by atoms with E-state index < -0.39 is 41.2 Å². The lowest BCUT2D eigenvalue weighted by atomic mass is 9.87. The molecule has 0 bridgehead atoms. The highest BCUT2D eigenvalue weighted by Crippen LogP contribution is 2.45. The molecule has 1 aliphatic rings. The number of carbonyl (C=O) groups is 2. The van der Waals surface area contributed by atoms with Crippen molar-refractivity contribution in [3.63, 3.8) is 0 Å². The first-order valence-corrected chi connectivity index (χ1v) is 14.8. The van der Waals surface area contributed by atoms with Gasteiger partial charge in [-0.05, 0) is 139 Å². The van der Waals surface area contributed by atoms with Crippen LogP contribution in [0.2, 0.25) is 0 Å². The molecule has 1 atom stereocenters. The van der Waals surface area contributed by atoms with E-state index in [-0.39, 0.29) is 30.1 Å². The summed E-state index contributed by atoms with van der Waals surface area (Å²) in [4.78, 5) is 25.3. The summed E-state index contributed by atoms with van der Waals surface area (Å²) in [6.07, 6.45) is 5.15.